The van der Waals surface area contributed by atoms with Crippen LogP contribution in [0.1, 0.15) is 30.0 Å². The third-order valence-electron chi connectivity index (χ3n) is 3.16. The molecular formula is C13H17F2N. The number of hydrogen-bond donors (Lipinski definition) is 0. The molecule has 1 atom stereocenters. The van der Waals surface area contributed by atoms with Crippen molar-refractivity contribution < 1.29 is 8.78 Å². The largest absolute Gasteiger partial charge is 0.291 e. The molecule has 0 radical (unpaired) electrons. The van der Waals surface area contributed by atoms with Crippen molar-refractivity contribution in [3.8, 4) is 0 Å². The van der Waals surface area contributed by atoms with E-state index in [1.165, 1.54) is 11.1 Å². The normalized spacial score (nSPS) is 21.9. The Morgan fingerprint density at radius 3 is 2.94 bits per heavy atom. The van der Waals surface area contributed by atoms with Gasteiger partial charge in [-0.25, -0.2) is 8.78 Å². The zero-order chi connectivity index (χ0) is 11.5. The molecule has 0 saturated carbocycles. The van der Waals surface area contributed by atoms with Gasteiger partial charge in [0.2, 0.25) is 0 Å². The van der Waals surface area contributed by atoms with Crippen LogP contribution in [-0.2, 0) is 0 Å². The van der Waals surface area contributed by atoms with Crippen molar-refractivity contribution in [2.24, 2.45) is 0 Å². The monoisotopic (exact) mass is 225 g/mol. The summed E-state index contributed by atoms with van der Waals surface area (Å²) in [7, 11) is 0. The highest BCUT2D eigenvalue weighted by Crippen LogP contribution is 2.32. The molecule has 1 nitrogen and oxygen atoms in total. The molecule has 0 bridgehead atoms. The molecule has 0 aromatic heterocycles. The Morgan fingerprint density at radius 1 is 1.44 bits per heavy atom. The first-order valence-electron chi connectivity index (χ1n) is 5.75. The molecule has 16 heavy (non-hydrogen) atoms. The number of nitrogens with zero attached hydrogens (tertiary/aromatic N) is 1. The summed E-state index contributed by atoms with van der Waals surface area (Å²) in [6, 6.07) is 8.38. The number of alkyl halides is 2. The van der Waals surface area contributed by atoms with E-state index >= 15 is 0 Å². The molecule has 1 aromatic carbocycles. The van der Waals surface area contributed by atoms with Gasteiger partial charge in [0.15, 0.2) is 0 Å². The van der Waals surface area contributed by atoms with Gasteiger partial charge in [-0.3, -0.25) is 4.90 Å². The minimum atomic E-state index is -2.23. The van der Waals surface area contributed by atoms with Gasteiger partial charge in [0.1, 0.15) is 0 Å². The van der Waals surface area contributed by atoms with Crippen molar-refractivity contribution in [1.29, 1.82) is 0 Å². The fraction of sp³-hybridized carbons (Fsp3) is 0.538. The van der Waals surface area contributed by atoms with Crippen molar-refractivity contribution in [3.05, 3.63) is 35.4 Å². The molecule has 88 valence electrons. The Bertz CT molecular complexity index is 352. The van der Waals surface area contributed by atoms with Crippen molar-refractivity contribution in [1.82, 2.24) is 4.90 Å². The smallest absolute Gasteiger partial charge is 0.251 e. The van der Waals surface area contributed by atoms with Crippen LogP contribution in [0.5, 0.6) is 0 Å². The van der Waals surface area contributed by atoms with Crippen LogP contribution in [0, 0.1) is 6.92 Å². The van der Waals surface area contributed by atoms with E-state index in [0.29, 0.717) is 0 Å². The standard InChI is InChI=1S/C13H17F2N/c1-10-4-2-5-11(8-10)12-6-3-7-16(12)9-13(14)15/h2,4-5,8,12-13H,3,6-7,9H2,1H3. The van der Waals surface area contributed by atoms with Gasteiger partial charge < -0.3 is 0 Å². The highest BCUT2D eigenvalue weighted by atomic mass is 19.3. The van der Waals surface area contributed by atoms with Crippen LogP contribution in [0.2, 0.25) is 0 Å². The molecule has 1 unspecified atom stereocenters. The van der Waals surface area contributed by atoms with Crippen LogP contribution in [-0.4, -0.2) is 24.4 Å². The van der Waals surface area contributed by atoms with Gasteiger partial charge in [-0.15, -0.1) is 0 Å². The Kier molecular flexibility index (Phi) is 3.54. The molecule has 1 heterocycles. The second-order valence-electron chi connectivity index (χ2n) is 4.46. The van der Waals surface area contributed by atoms with E-state index in [-0.39, 0.29) is 12.6 Å². The van der Waals surface area contributed by atoms with E-state index in [0.717, 1.165) is 19.4 Å². The quantitative estimate of drug-likeness (QED) is 0.762. The molecule has 1 aliphatic heterocycles. The lowest BCUT2D eigenvalue weighted by Gasteiger charge is -2.24. The van der Waals surface area contributed by atoms with Crippen molar-refractivity contribution in [2.75, 3.05) is 13.1 Å². The number of benzene rings is 1. The van der Waals surface area contributed by atoms with E-state index in [9.17, 15) is 8.78 Å². The predicted molar refractivity (Wildman–Crippen MR) is 60.7 cm³/mol. The average Bonchev–Trinajstić information content (AvgIpc) is 2.65. The lowest BCUT2D eigenvalue weighted by atomic mass is 10.0. The SMILES string of the molecule is Cc1cccc(C2CCCN2CC(F)F)c1. The van der Waals surface area contributed by atoms with Crippen molar-refractivity contribution >= 4 is 0 Å². The second-order valence-corrected chi connectivity index (χ2v) is 4.46. The average molecular weight is 225 g/mol. The molecule has 1 aromatic rings. The van der Waals surface area contributed by atoms with Gasteiger partial charge >= 0.3 is 0 Å². The summed E-state index contributed by atoms with van der Waals surface area (Å²) in [5, 5.41) is 0. The molecule has 0 spiro atoms. The van der Waals surface area contributed by atoms with Crippen LogP contribution in [0.4, 0.5) is 8.78 Å². The van der Waals surface area contributed by atoms with Gasteiger partial charge in [0.05, 0.1) is 6.54 Å². The summed E-state index contributed by atoms with van der Waals surface area (Å²) in [6.45, 7) is 2.73. The zero-order valence-electron chi connectivity index (χ0n) is 9.50. The summed E-state index contributed by atoms with van der Waals surface area (Å²) in [5.74, 6) is 0. The highest BCUT2D eigenvalue weighted by Gasteiger charge is 2.27. The Hall–Kier alpha value is -0.960. The van der Waals surface area contributed by atoms with Crippen LogP contribution >= 0.6 is 0 Å². The van der Waals surface area contributed by atoms with Crippen molar-refractivity contribution in [2.45, 2.75) is 32.2 Å². The van der Waals surface area contributed by atoms with Crippen LogP contribution in [0.3, 0.4) is 0 Å². The third-order valence-corrected chi connectivity index (χ3v) is 3.16. The molecular weight excluding hydrogens is 208 g/mol. The number of hydrogen-bond acceptors (Lipinski definition) is 1. The topological polar surface area (TPSA) is 3.24 Å². The first-order valence-corrected chi connectivity index (χ1v) is 5.75. The van der Waals surface area contributed by atoms with Gasteiger partial charge in [-0.2, -0.15) is 0 Å². The Labute approximate surface area is 95.1 Å². The second kappa shape index (κ2) is 4.91. The molecule has 0 amide bonds. The molecule has 1 saturated heterocycles. The highest BCUT2D eigenvalue weighted by molar-refractivity contribution is 5.25. The third kappa shape index (κ3) is 2.59. The van der Waals surface area contributed by atoms with Crippen molar-refractivity contribution in [3.63, 3.8) is 0 Å². The fourth-order valence-corrected chi connectivity index (χ4v) is 2.48. The van der Waals surface area contributed by atoms with E-state index in [2.05, 4.69) is 6.07 Å². The van der Waals surface area contributed by atoms with E-state index in [1.807, 2.05) is 30.0 Å². The predicted octanol–water partition coefficient (Wildman–Crippen LogP) is 3.40. The first kappa shape index (κ1) is 11.5. The lowest BCUT2D eigenvalue weighted by molar-refractivity contribution is 0.0822. The number of likely N-dealkylation sites (tertiary alicyclic amines) is 1. The molecule has 1 aliphatic rings. The Morgan fingerprint density at radius 2 is 2.25 bits per heavy atom. The van der Waals surface area contributed by atoms with E-state index < -0.39 is 6.43 Å². The fourth-order valence-electron chi connectivity index (χ4n) is 2.48. The number of rotatable bonds is 3. The summed E-state index contributed by atoms with van der Waals surface area (Å²) in [4.78, 5) is 1.90. The molecule has 0 aliphatic carbocycles. The van der Waals surface area contributed by atoms with Gasteiger partial charge in [0.25, 0.3) is 6.43 Å². The summed E-state index contributed by atoms with van der Waals surface area (Å²) in [6.07, 6.45) is -0.216. The maximum atomic E-state index is 12.4. The van der Waals surface area contributed by atoms with E-state index in [4.69, 9.17) is 0 Å². The molecule has 3 heteroatoms. The lowest BCUT2D eigenvalue weighted by Crippen LogP contribution is -2.28. The summed E-state index contributed by atoms with van der Waals surface area (Å²) < 4.78 is 24.8. The summed E-state index contributed by atoms with van der Waals surface area (Å²) >= 11 is 0. The van der Waals surface area contributed by atoms with Gasteiger partial charge in [-0.1, -0.05) is 29.8 Å². The van der Waals surface area contributed by atoms with Crippen LogP contribution in [0.15, 0.2) is 24.3 Å². The maximum absolute atomic E-state index is 12.4. The number of aryl methyl sites for hydroxylation is 1. The number of halogens is 2. The zero-order valence-corrected chi connectivity index (χ0v) is 9.50. The first-order chi connectivity index (χ1) is 7.66. The minimum Gasteiger partial charge on any atom is -0.291 e. The van der Waals surface area contributed by atoms with Gasteiger partial charge in [-0.05, 0) is 31.9 Å². The van der Waals surface area contributed by atoms with Gasteiger partial charge in [0, 0.05) is 6.04 Å². The van der Waals surface area contributed by atoms with E-state index in [1.54, 1.807) is 0 Å². The maximum Gasteiger partial charge on any atom is 0.251 e. The Balaban J connectivity index is 2.13. The van der Waals surface area contributed by atoms with Crippen LogP contribution < -0.4 is 0 Å². The molecule has 1 fully saturated rings. The molecule has 0 N–H and O–H groups in total. The van der Waals surface area contributed by atoms with Crippen LogP contribution in [0.25, 0.3) is 0 Å². The molecule has 2 rings (SSSR count). The summed E-state index contributed by atoms with van der Waals surface area (Å²) in [5.41, 5.74) is 2.37. The minimum absolute atomic E-state index is 0.0986.